The number of hydrogen-bond donors (Lipinski definition) is 0. The van der Waals surface area contributed by atoms with E-state index in [2.05, 4.69) is 26.6 Å². The predicted octanol–water partition coefficient (Wildman–Crippen LogP) is 0.926. The molecule has 1 rings (SSSR count). The van der Waals surface area contributed by atoms with E-state index in [4.69, 9.17) is 0 Å². The first kappa shape index (κ1) is 7.53. The standard InChI is InChI=1S/C4H2BrO.Mg.2H/c5-4-1-2-6-3-4;;;/h1-2H;;;. The first-order valence-corrected chi connectivity index (χ1v) is 2.29. The quantitative estimate of drug-likeness (QED) is 0.531. The highest BCUT2D eigenvalue weighted by molar-refractivity contribution is 9.10. The van der Waals surface area contributed by atoms with Gasteiger partial charge in [-0.15, -0.1) is 0 Å². The van der Waals surface area contributed by atoms with Gasteiger partial charge in [-0.2, -0.15) is 0 Å². The van der Waals surface area contributed by atoms with Gasteiger partial charge < -0.3 is 4.42 Å². The topological polar surface area (TPSA) is 13.1 Å². The van der Waals surface area contributed by atoms with E-state index in [-0.39, 0.29) is 23.1 Å². The lowest BCUT2D eigenvalue weighted by atomic mass is 10.7. The number of halogens is 1. The van der Waals surface area contributed by atoms with Crippen molar-refractivity contribution in [2.75, 3.05) is 0 Å². The van der Waals surface area contributed by atoms with Crippen LogP contribution in [0.15, 0.2) is 21.2 Å². The molecule has 0 aliphatic rings. The summed E-state index contributed by atoms with van der Waals surface area (Å²) in [4.78, 5) is 0. The van der Waals surface area contributed by atoms with E-state index >= 15 is 0 Å². The van der Waals surface area contributed by atoms with Crippen LogP contribution in [0.4, 0.5) is 0 Å². The van der Waals surface area contributed by atoms with E-state index in [1.807, 2.05) is 0 Å². The molecule has 1 heterocycles. The van der Waals surface area contributed by atoms with Crippen LogP contribution in [-0.2, 0) is 0 Å². The zero-order chi connectivity index (χ0) is 4.41. The third-order valence-electron chi connectivity index (χ3n) is 0.439. The molecule has 0 unspecified atom stereocenters. The Hall–Kier alpha value is 0.526. The van der Waals surface area contributed by atoms with Crippen LogP contribution in [0.3, 0.4) is 0 Å². The van der Waals surface area contributed by atoms with Gasteiger partial charge in [0.15, 0.2) is 6.26 Å². The largest absolute Gasteiger partial charge is 0.460 e. The van der Waals surface area contributed by atoms with Crippen molar-refractivity contribution in [3.05, 3.63) is 23.1 Å². The van der Waals surface area contributed by atoms with Gasteiger partial charge >= 0.3 is 23.1 Å². The molecule has 0 aromatic carbocycles. The normalized spacial score (nSPS) is 7.57. The molecule has 3 heteroatoms. The van der Waals surface area contributed by atoms with Crippen LogP contribution in [0.2, 0.25) is 0 Å². The molecule has 1 aromatic rings. The second-order valence-electron chi connectivity index (χ2n) is 0.871. The summed E-state index contributed by atoms with van der Waals surface area (Å²) in [5.41, 5.74) is 0. The summed E-state index contributed by atoms with van der Waals surface area (Å²) in [6.07, 6.45) is 4.10. The summed E-state index contributed by atoms with van der Waals surface area (Å²) < 4.78 is 5.41. The van der Waals surface area contributed by atoms with E-state index in [1.54, 1.807) is 12.3 Å². The Balaban J connectivity index is 0.000000360. The molecule has 0 atom stereocenters. The molecule has 1 nitrogen and oxygen atoms in total. The van der Waals surface area contributed by atoms with Crippen LogP contribution >= 0.6 is 15.9 Å². The zero-order valence-corrected chi connectivity index (χ0v) is 4.53. The Morgan fingerprint density at radius 2 is 2.43 bits per heavy atom. The molecular formula is C4H4BrMgO. The van der Waals surface area contributed by atoms with Crippen molar-refractivity contribution in [2.24, 2.45) is 0 Å². The van der Waals surface area contributed by atoms with Gasteiger partial charge in [-0.3, -0.25) is 0 Å². The zero-order valence-electron chi connectivity index (χ0n) is 2.94. The predicted molar refractivity (Wildman–Crippen MR) is 33.8 cm³/mol. The minimum atomic E-state index is 0. The molecule has 0 amide bonds. The van der Waals surface area contributed by atoms with Crippen molar-refractivity contribution < 1.29 is 4.42 Å². The molecule has 0 fully saturated rings. The average Bonchev–Trinajstić information content (AvgIpc) is 1.86. The maximum atomic E-state index is 4.54. The highest BCUT2D eigenvalue weighted by atomic mass is 79.9. The lowest BCUT2D eigenvalue weighted by Gasteiger charge is -1.58. The van der Waals surface area contributed by atoms with E-state index in [1.165, 1.54) is 0 Å². The monoisotopic (exact) mass is 171 g/mol. The fraction of sp³-hybridized carbons (Fsp3) is 0. The maximum Gasteiger partial charge on any atom is 0.316 e. The summed E-state index contributed by atoms with van der Waals surface area (Å²) in [5, 5.41) is 0. The molecule has 0 spiro atoms. The van der Waals surface area contributed by atoms with Crippen molar-refractivity contribution in [1.29, 1.82) is 0 Å². The summed E-state index contributed by atoms with van der Waals surface area (Å²) in [6.45, 7) is 0. The van der Waals surface area contributed by atoms with Crippen molar-refractivity contribution in [1.82, 2.24) is 0 Å². The van der Waals surface area contributed by atoms with Gasteiger partial charge in [0.05, 0.1) is 10.7 Å². The SMILES string of the molecule is Brc1[c]occ1.[MgH2]. The highest BCUT2D eigenvalue weighted by Crippen LogP contribution is 2.05. The Kier molecular flexibility index (Phi) is 3.78. The van der Waals surface area contributed by atoms with Crippen LogP contribution in [0, 0.1) is 6.26 Å². The van der Waals surface area contributed by atoms with Crippen molar-refractivity contribution in [2.45, 2.75) is 0 Å². The van der Waals surface area contributed by atoms with Crippen LogP contribution in [0.1, 0.15) is 0 Å². The molecule has 1 aromatic heterocycles. The molecule has 0 bridgehead atoms. The maximum absolute atomic E-state index is 4.54. The lowest BCUT2D eigenvalue weighted by Crippen LogP contribution is -1.37. The van der Waals surface area contributed by atoms with Crippen LogP contribution in [0.25, 0.3) is 0 Å². The average molecular weight is 172 g/mol. The number of hydrogen-bond acceptors (Lipinski definition) is 1. The number of rotatable bonds is 0. The minimum Gasteiger partial charge on any atom is -0.460 e. The third kappa shape index (κ3) is 2.36. The Morgan fingerprint density at radius 3 is 2.57 bits per heavy atom. The van der Waals surface area contributed by atoms with Gasteiger partial charge in [0, 0.05) is 0 Å². The molecule has 1 radical (unpaired) electrons. The highest BCUT2D eigenvalue weighted by Gasteiger charge is 1.80. The van der Waals surface area contributed by atoms with E-state index in [0.29, 0.717) is 0 Å². The van der Waals surface area contributed by atoms with E-state index in [9.17, 15) is 0 Å². The van der Waals surface area contributed by atoms with Gasteiger partial charge in [-0.1, -0.05) is 0 Å². The first-order chi connectivity index (χ1) is 2.89. The van der Waals surface area contributed by atoms with E-state index in [0.717, 1.165) is 4.47 Å². The molecule has 0 saturated carbocycles. The van der Waals surface area contributed by atoms with Crippen LogP contribution < -0.4 is 0 Å². The van der Waals surface area contributed by atoms with Crippen molar-refractivity contribution >= 4 is 39.0 Å². The molecular weight excluding hydrogens is 168 g/mol. The lowest BCUT2D eigenvalue weighted by molar-refractivity contribution is 0.556. The Labute approximate surface area is 66.4 Å². The van der Waals surface area contributed by atoms with Crippen LogP contribution in [-0.4, -0.2) is 23.1 Å². The Bertz CT molecular complexity index is 115. The molecule has 0 aliphatic heterocycles. The molecule has 0 aliphatic carbocycles. The second kappa shape index (κ2) is 3.52. The van der Waals surface area contributed by atoms with Crippen molar-refractivity contribution in [3.63, 3.8) is 0 Å². The number of furan rings is 1. The fourth-order valence-electron chi connectivity index (χ4n) is 0.218. The van der Waals surface area contributed by atoms with Gasteiger partial charge in [0.1, 0.15) is 0 Å². The third-order valence-corrected chi connectivity index (χ3v) is 0.865. The summed E-state index contributed by atoms with van der Waals surface area (Å²) in [5.74, 6) is 0. The van der Waals surface area contributed by atoms with Crippen molar-refractivity contribution in [3.8, 4) is 0 Å². The van der Waals surface area contributed by atoms with Crippen LogP contribution in [0.5, 0.6) is 0 Å². The fourth-order valence-corrected chi connectivity index (χ4v) is 0.419. The molecule has 35 valence electrons. The molecule has 7 heavy (non-hydrogen) atoms. The summed E-state index contributed by atoms with van der Waals surface area (Å²) in [7, 11) is 0. The minimum absolute atomic E-state index is 0. The Morgan fingerprint density at radius 1 is 1.71 bits per heavy atom. The van der Waals surface area contributed by atoms with Gasteiger partial charge in [0.2, 0.25) is 0 Å². The molecule has 0 N–H and O–H groups in total. The van der Waals surface area contributed by atoms with Gasteiger partial charge in [0.25, 0.3) is 0 Å². The van der Waals surface area contributed by atoms with E-state index < -0.39 is 0 Å². The second-order valence-corrected chi connectivity index (χ2v) is 1.72. The summed E-state index contributed by atoms with van der Waals surface area (Å²) in [6, 6.07) is 1.78. The smallest absolute Gasteiger partial charge is 0.316 e. The molecule has 0 saturated heterocycles. The van der Waals surface area contributed by atoms with Gasteiger partial charge in [-0.05, 0) is 22.0 Å². The summed E-state index contributed by atoms with van der Waals surface area (Å²) >= 11 is 3.13. The first-order valence-electron chi connectivity index (χ1n) is 1.50. The van der Waals surface area contributed by atoms with Gasteiger partial charge in [-0.25, -0.2) is 0 Å².